The van der Waals surface area contributed by atoms with E-state index in [9.17, 15) is 9.90 Å². The Morgan fingerprint density at radius 3 is 2.74 bits per heavy atom. The molecule has 2 heterocycles. The molecular weight excluding hydrogens is 288 g/mol. The monoisotopic (exact) mass is 310 g/mol. The first-order valence-electron chi connectivity index (χ1n) is 8.10. The quantitative estimate of drug-likeness (QED) is 0.921. The first-order chi connectivity index (χ1) is 11.1. The number of carbonyl (C=O) groups is 1. The summed E-state index contributed by atoms with van der Waals surface area (Å²) in [7, 11) is 0. The minimum absolute atomic E-state index is 0.0501. The molecule has 1 saturated heterocycles. The topological polar surface area (TPSA) is 53.4 Å². The van der Waals surface area contributed by atoms with Crippen LogP contribution in [0.1, 0.15) is 35.7 Å². The van der Waals surface area contributed by atoms with Crippen molar-refractivity contribution in [2.24, 2.45) is 0 Å². The predicted molar refractivity (Wildman–Crippen MR) is 89.2 cm³/mol. The SMILES string of the molecule is Cc1ccc(C(Cc2ccccn2)N2CCCC2C(=O)O)cc1. The number of nitrogens with zero attached hydrogens (tertiary/aromatic N) is 2. The van der Waals surface area contributed by atoms with E-state index in [1.54, 1.807) is 6.20 Å². The first-order valence-corrected chi connectivity index (χ1v) is 8.10. The van der Waals surface area contributed by atoms with Crippen LogP contribution in [0.15, 0.2) is 48.7 Å². The van der Waals surface area contributed by atoms with E-state index in [4.69, 9.17) is 0 Å². The molecule has 3 rings (SSSR count). The molecule has 1 aromatic heterocycles. The Hall–Kier alpha value is -2.20. The molecule has 1 fully saturated rings. The number of rotatable bonds is 5. The van der Waals surface area contributed by atoms with E-state index >= 15 is 0 Å². The summed E-state index contributed by atoms with van der Waals surface area (Å²) in [5.74, 6) is -0.722. The van der Waals surface area contributed by atoms with Gasteiger partial charge < -0.3 is 5.11 Å². The van der Waals surface area contributed by atoms with E-state index in [2.05, 4.69) is 41.1 Å². The normalized spacial score (nSPS) is 19.6. The Balaban J connectivity index is 1.92. The molecule has 1 aliphatic rings. The zero-order chi connectivity index (χ0) is 16.2. The van der Waals surface area contributed by atoms with Gasteiger partial charge >= 0.3 is 5.97 Å². The van der Waals surface area contributed by atoms with Gasteiger partial charge in [-0.15, -0.1) is 0 Å². The standard InChI is InChI=1S/C19H22N2O2/c1-14-7-9-15(10-8-14)18(13-16-5-2-3-11-20-16)21-12-4-6-17(21)19(22)23/h2-3,5,7-11,17-18H,4,6,12-13H2,1H3,(H,22,23). The number of carboxylic acid groups (broad SMARTS) is 1. The average Bonchev–Trinajstić information content (AvgIpc) is 3.04. The number of aryl methyl sites for hydroxylation is 1. The summed E-state index contributed by atoms with van der Waals surface area (Å²) in [5, 5.41) is 9.53. The Labute approximate surface area is 136 Å². The number of hydrogen-bond donors (Lipinski definition) is 1. The zero-order valence-electron chi connectivity index (χ0n) is 13.4. The lowest BCUT2D eigenvalue weighted by Gasteiger charge is -2.31. The summed E-state index contributed by atoms with van der Waals surface area (Å²) in [5.41, 5.74) is 3.37. The highest BCUT2D eigenvalue weighted by Gasteiger charge is 2.36. The van der Waals surface area contributed by atoms with Crippen molar-refractivity contribution < 1.29 is 9.90 Å². The van der Waals surface area contributed by atoms with Crippen LogP contribution in [0.3, 0.4) is 0 Å². The smallest absolute Gasteiger partial charge is 0.320 e. The van der Waals surface area contributed by atoms with Crippen molar-refractivity contribution in [3.8, 4) is 0 Å². The number of aliphatic carboxylic acids is 1. The molecule has 1 aliphatic heterocycles. The van der Waals surface area contributed by atoms with Crippen LogP contribution in [-0.4, -0.2) is 33.5 Å². The van der Waals surface area contributed by atoms with E-state index in [-0.39, 0.29) is 6.04 Å². The summed E-state index contributed by atoms with van der Waals surface area (Å²) in [6.07, 6.45) is 4.18. The largest absolute Gasteiger partial charge is 0.480 e. The lowest BCUT2D eigenvalue weighted by Crippen LogP contribution is -2.39. The van der Waals surface area contributed by atoms with Crippen LogP contribution < -0.4 is 0 Å². The van der Waals surface area contributed by atoms with Gasteiger partial charge in [-0.3, -0.25) is 14.7 Å². The summed E-state index contributed by atoms with van der Waals surface area (Å²) < 4.78 is 0. The molecule has 120 valence electrons. The number of likely N-dealkylation sites (tertiary alicyclic amines) is 1. The summed E-state index contributed by atoms with van der Waals surface area (Å²) in [6, 6.07) is 13.9. The second-order valence-electron chi connectivity index (χ2n) is 6.19. The lowest BCUT2D eigenvalue weighted by molar-refractivity contribution is -0.143. The Bertz CT molecular complexity index is 655. The Morgan fingerprint density at radius 1 is 1.30 bits per heavy atom. The molecule has 1 N–H and O–H groups in total. The Kier molecular flexibility index (Phi) is 4.72. The first kappa shape index (κ1) is 15.7. The number of pyridine rings is 1. The molecular formula is C19H22N2O2. The number of carboxylic acids is 1. The lowest BCUT2D eigenvalue weighted by atomic mass is 9.98. The fourth-order valence-electron chi connectivity index (χ4n) is 3.36. The number of hydrogen-bond acceptors (Lipinski definition) is 3. The molecule has 0 radical (unpaired) electrons. The van der Waals surface area contributed by atoms with Crippen molar-refractivity contribution in [1.29, 1.82) is 0 Å². The highest BCUT2D eigenvalue weighted by Crippen LogP contribution is 2.32. The van der Waals surface area contributed by atoms with Crippen LogP contribution in [0.4, 0.5) is 0 Å². The molecule has 2 unspecified atom stereocenters. The van der Waals surface area contributed by atoms with E-state index in [0.29, 0.717) is 0 Å². The van der Waals surface area contributed by atoms with Gasteiger partial charge in [-0.2, -0.15) is 0 Å². The zero-order valence-corrected chi connectivity index (χ0v) is 13.4. The van der Waals surface area contributed by atoms with E-state index in [1.165, 1.54) is 5.56 Å². The van der Waals surface area contributed by atoms with Gasteiger partial charge in [0.25, 0.3) is 0 Å². The highest BCUT2D eigenvalue weighted by atomic mass is 16.4. The van der Waals surface area contributed by atoms with Crippen LogP contribution >= 0.6 is 0 Å². The number of benzene rings is 1. The molecule has 23 heavy (non-hydrogen) atoms. The van der Waals surface area contributed by atoms with Gasteiger partial charge in [-0.05, 0) is 44.0 Å². The van der Waals surface area contributed by atoms with Gasteiger partial charge in [-0.25, -0.2) is 0 Å². The maximum absolute atomic E-state index is 11.6. The molecule has 2 atom stereocenters. The Morgan fingerprint density at radius 2 is 2.09 bits per heavy atom. The van der Waals surface area contributed by atoms with Crippen LogP contribution in [-0.2, 0) is 11.2 Å². The van der Waals surface area contributed by atoms with Gasteiger partial charge in [-0.1, -0.05) is 35.9 Å². The van der Waals surface area contributed by atoms with Crippen molar-refractivity contribution in [1.82, 2.24) is 9.88 Å². The molecule has 4 nitrogen and oxygen atoms in total. The molecule has 0 saturated carbocycles. The predicted octanol–water partition coefficient (Wildman–Crippen LogP) is 3.22. The average molecular weight is 310 g/mol. The van der Waals surface area contributed by atoms with E-state index in [0.717, 1.165) is 37.1 Å². The minimum atomic E-state index is -0.722. The van der Waals surface area contributed by atoms with Crippen molar-refractivity contribution in [3.63, 3.8) is 0 Å². The maximum atomic E-state index is 11.6. The van der Waals surface area contributed by atoms with E-state index in [1.807, 2.05) is 18.2 Å². The maximum Gasteiger partial charge on any atom is 0.320 e. The third kappa shape index (κ3) is 3.59. The molecule has 4 heteroatoms. The highest BCUT2D eigenvalue weighted by molar-refractivity contribution is 5.74. The summed E-state index contributed by atoms with van der Waals surface area (Å²) in [4.78, 5) is 18.2. The number of aromatic nitrogens is 1. The van der Waals surface area contributed by atoms with Crippen molar-refractivity contribution in [3.05, 3.63) is 65.5 Å². The fraction of sp³-hybridized carbons (Fsp3) is 0.368. The van der Waals surface area contributed by atoms with Crippen molar-refractivity contribution in [2.75, 3.05) is 6.54 Å². The van der Waals surface area contributed by atoms with Crippen molar-refractivity contribution in [2.45, 2.75) is 38.3 Å². The van der Waals surface area contributed by atoms with Crippen LogP contribution in [0.25, 0.3) is 0 Å². The van der Waals surface area contributed by atoms with Crippen molar-refractivity contribution >= 4 is 5.97 Å². The molecule has 0 bridgehead atoms. The van der Waals surface area contributed by atoms with E-state index < -0.39 is 12.0 Å². The third-order valence-corrected chi connectivity index (χ3v) is 4.57. The van der Waals surface area contributed by atoms with Gasteiger partial charge in [0.2, 0.25) is 0 Å². The minimum Gasteiger partial charge on any atom is -0.480 e. The molecule has 0 aliphatic carbocycles. The second-order valence-corrected chi connectivity index (χ2v) is 6.19. The van der Waals surface area contributed by atoms with Gasteiger partial charge in [0.15, 0.2) is 0 Å². The van der Waals surface area contributed by atoms with Crippen LogP contribution in [0.2, 0.25) is 0 Å². The molecule has 0 amide bonds. The third-order valence-electron chi connectivity index (χ3n) is 4.57. The summed E-state index contributed by atoms with van der Waals surface area (Å²) in [6.45, 7) is 2.88. The second kappa shape index (κ2) is 6.92. The van der Waals surface area contributed by atoms with Crippen LogP contribution in [0, 0.1) is 6.92 Å². The fourth-order valence-corrected chi connectivity index (χ4v) is 3.36. The van der Waals surface area contributed by atoms with Gasteiger partial charge in [0, 0.05) is 24.4 Å². The van der Waals surface area contributed by atoms with Gasteiger partial charge in [0.1, 0.15) is 6.04 Å². The van der Waals surface area contributed by atoms with Crippen LogP contribution in [0.5, 0.6) is 0 Å². The molecule has 1 aromatic carbocycles. The summed E-state index contributed by atoms with van der Waals surface area (Å²) >= 11 is 0. The molecule has 2 aromatic rings. The molecule has 0 spiro atoms. The van der Waals surface area contributed by atoms with Gasteiger partial charge in [0.05, 0.1) is 0 Å².